The molecule has 142 valence electrons. The summed E-state index contributed by atoms with van der Waals surface area (Å²) in [5.74, 6) is -1.79. The van der Waals surface area contributed by atoms with Crippen LogP contribution in [0.5, 0.6) is 11.5 Å². The maximum atomic E-state index is 13.4. The number of hydrogen-bond donors (Lipinski definition) is 3. The van der Waals surface area contributed by atoms with E-state index in [9.17, 15) is 38.7 Å². The summed E-state index contributed by atoms with van der Waals surface area (Å²) in [7, 11) is 0. The molecule has 3 rings (SSSR count). The number of nitrogens with zero attached hydrogens (tertiary/aromatic N) is 4. The van der Waals surface area contributed by atoms with Crippen LogP contribution in [0, 0.1) is 10.1 Å². The molecule has 1 aromatic carbocycles. The summed E-state index contributed by atoms with van der Waals surface area (Å²) in [6, 6.07) is 0.682. The molecule has 1 atom stereocenters. The third-order valence-corrected chi connectivity index (χ3v) is 3.81. The molecule has 12 heteroatoms. The molecule has 0 bridgehead atoms. The number of phenolic OH excluding ortho intramolecular Hbond substituents is 2. The Morgan fingerprint density at radius 3 is 2.59 bits per heavy atom. The lowest BCUT2D eigenvalue weighted by Crippen LogP contribution is -2.44. The van der Waals surface area contributed by atoms with Crippen molar-refractivity contribution in [3.05, 3.63) is 52.9 Å². The van der Waals surface area contributed by atoms with E-state index in [0.717, 1.165) is 35.3 Å². The molecule has 0 fully saturated rings. The number of aromatic hydroxyl groups is 2. The van der Waals surface area contributed by atoms with E-state index < -0.39 is 40.0 Å². The van der Waals surface area contributed by atoms with Crippen molar-refractivity contribution in [3.63, 3.8) is 0 Å². The second-order valence-electron chi connectivity index (χ2n) is 5.51. The second-order valence-corrected chi connectivity index (χ2v) is 5.51. The largest absolute Gasteiger partial charge is 0.504 e. The molecule has 9 nitrogen and oxygen atoms in total. The van der Waals surface area contributed by atoms with Crippen molar-refractivity contribution in [2.24, 2.45) is 0 Å². The zero-order chi connectivity index (χ0) is 19.9. The van der Waals surface area contributed by atoms with Crippen molar-refractivity contribution >= 4 is 11.4 Å². The van der Waals surface area contributed by atoms with E-state index in [0.29, 0.717) is 0 Å². The van der Waals surface area contributed by atoms with Crippen LogP contribution < -0.4 is 0 Å². The standard InChI is InChI=1S/C15H11F3N4O5/c16-15(17,18)14-10(2-1-5-20(14)25)21-9(3-4-19-21)8-6-11(22(26)27)13(24)12(23)7-8/h1-7,14,23-25H. The number of hydroxylamine groups is 2. The number of alkyl halides is 3. The molecule has 0 aliphatic carbocycles. The Bertz CT molecular complexity index is 967. The van der Waals surface area contributed by atoms with Gasteiger partial charge in [-0.05, 0) is 24.3 Å². The number of nitro benzene ring substituents is 1. The van der Waals surface area contributed by atoms with Gasteiger partial charge in [0.15, 0.2) is 11.8 Å². The highest BCUT2D eigenvalue weighted by molar-refractivity contribution is 5.73. The first-order chi connectivity index (χ1) is 12.6. The normalized spacial score (nSPS) is 17.1. The minimum absolute atomic E-state index is 0.0300. The molecule has 1 aliphatic heterocycles. The predicted molar refractivity (Wildman–Crippen MR) is 84.5 cm³/mol. The van der Waals surface area contributed by atoms with Crippen molar-refractivity contribution in [1.82, 2.24) is 14.8 Å². The maximum absolute atomic E-state index is 13.4. The number of aromatic nitrogens is 2. The first-order valence-electron chi connectivity index (χ1n) is 7.28. The number of halogens is 3. The highest BCUT2D eigenvalue weighted by Crippen LogP contribution is 2.41. The van der Waals surface area contributed by atoms with Gasteiger partial charge in [0, 0.05) is 17.8 Å². The summed E-state index contributed by atoms with van der Waals surface area (Å²) < 4.78 is 41.0. The zero-order valence-corrected chi connectivity index (χ0v) is 13.2. The summed E-state index contributed by atoms with van der Waals surface area (Å²) in [5.41, 5.74) is -1.39. The number of nitro groups is 1. The summed E-state index contributed by atoms with van der Waals surface area (Å²) >= 11 is 0. The topological polar surface area (TPSA) is 125 Å². The Labute approximate surface area is 148 Å². The molecule has 0 spiro atoms. The van der Waals surface area contributed by atoms with Gasteiger partial charge >= 0.3 is 11.9 Å². The number of hydrogen-bond acceptors (Lipinski definition) is 7. The SMILES string of the molecule is O=[N+]([O-])c1cc(-c2ccnn2C2=CC=CN(O)C2C(F)(F)F)cc(O)c1O. The first kappa shape index (κ1) is 18.3. The fourth-order valence-corrected chi connectivity index (χ4v) is 2.67. The lowest BCUT2D eigenvalue weighted by Gasteiger charge is -2.31. The number of allylic oxidation sites excluding steroid dienone is 2. The average Bonchev–Trinajstić information content (AvgIpc) is 3.05. The number of phenols is 2. The van der Waals surface area contributed by atoms with Gasteiger partial charge in [0.05, 0.1) is 22.5 Å². The van der Waals surface area contributed by atoms with Gasteiger partial charge in [-0.25, -0.2) is 9.75 Å². The van der Waals surface area contributed by atoms with E-state index in [1.807, 2.05) is 0 Å². The molecule has 0 saturated carbocycles. The summed E-state index contributed by atoms with van der Waals surface area (Å²) in [4.78, 5) is 10.1. The quantitative estimate of drug-likeness (QED) is 0.422. The zero-order valence-electron chi connectivity index (χ0n) is 13.2. The van der Waals surface area contributed by atoms with Crippen LogP contribution >= 0.6 is 0 Å². The molecule has 2 heterocycles. The Morgan fingerprint density at radius 2 is 1.96 bits per heavy atom. The van der Waals surface area contributed by atoms with Crippen molar-refractivity contribution in [1.29, 1.82) is 0 Å². The molecule has 2 aromatic rings. The second kappa shape index (κ2) is 6.32. The van der Waals surface area contributed by atoms with E-state index in [1.54, 1.807) is 0 Å². The minimum atomic E-state index is -4.85. The monoisotopic (exact) mass is 384 g/mol. The van der Waals surface area contributed by atoms with Gasteiger partial charge in [-0.1, -0.05) is 0 Å². The summed E-state index contributed by atoms with van der Waals surface area (Å²) in [5, 5.41) is 43.7. The number of benzene rings is 1. The van der Waals surface area contributed by atoms with Crippen molar-refractivity contribution in [3.8, 4) is 22.8 Å². The average molecular weight is 384 g/mol. The Hall–Kier alpha value is -3.54. The van der Waals surface area contributed by atoms with Crippen LogP contribution in [0.3, 0.4) is 0 Å². The van der Waals surface area contributed by atoms with Crippen LogP contribution in [0.4, 0.5) is 18.9 Å². The highest BCUT2D eigenvalue weighted by Gasteiger charge is 2.47. The smallest absolute Gasteiger partial charge is 0.416 e. The van der Waals surface area contributed by atoms with Crippen LogP contribution in [0.1, 0.15) is 0 Å². The first-order valence-corrected chi connectivity index (χ1v) is 7.28. The molecule has 1 unspecified atom stereocenters. The van der Waals surface area contributed by atoms with Gasteiger partial charge in [0.1, 0.15) is 0 Å². The fraction of sp³-hybridized carbons (Fsp3) is 0.133. The van der Waals surface area contributed by atoms with Crippen molar-refractivity contribution < 1.29 is 33.5 Å². The molecule has 1 aromatic heterocycles. The van der Waals surface area contributed by atoms with Gasteiger partial charge < -0.3 is 10.2 Å². The van der Waals surface area contributed by atoms with Crippen molar-refractivity contribution in [2.45, 2.75) is 12.2 Å². The van der Waals surface area contributed by atoms with Crippen LogP contribution in [0.25, 0.3) is 17.0 Å². The summed E-state index contributed by atoms with van der Waals surface area (Å²) in [6.07, 6.45) is -0.630. The molecule has 3 N–H and O–H groups in total. The molecule has 0 radical (unpaired) electrons. The number of rotatable bonds is 3. The van der Waals surface area contributed by atoms with Crippen LogP contribution in [-0.2, 0) is 0 Å². The van der Waals surface area contributed by atoms with Gasteiger partial charge in [0.25, 0.3) is 0 Å². The van der Waals surface area contributed by atoms with Gasteiger partial charge in [0.2, 0.25) is 5.75 Å². The lowest BCUT2D eigenvalue weighted by atomic mass is 10.1. The Balaban J connectivity index is 2.16. The molecule has 27 heavy (non-hydrogen) atoms. The third kappa shape index (κ3) is 3.17. The molecule has 1 aliphatic rings. The Kier molecular flexibility index (Phi) is 4.27. The van der Waals surface area contributed by atoms with E-state index >= 15 is 0 Å². The molecular formula is C15H11F3N4O5. The molecule has 0 amide bonds. The minimum Gasteiger partial charge on any atom is -0.504 e. The van der Waals surface area contributed by atoms with Gasteiger partial charge in [-0.15, -0.1) is 0 Å². The van der Waals surface area contributed by atoms with Crippen LogP contribution in [-0.4, -0.2) is 47.4 Å². The van der Waals surface area contributed by atoms with Crippen LogP contribution in [0.15, 0.2) is 42.7 Å². The van der Waals surface area contributed by atoms with Gasteiger partial charge in [-0.3, -0.25) is 15.3 Å². The fourth-order valence-electron chi connectivity index (χ4n) is 2.67. The predicted octanol–water partition coefficient (Wildman–Crippen LogP) is 2.86. The van der Waals surface area contributed by atoms with Gasteiger partial charge in [-0.2, -0.15) is 18.3 Å². The van der Waals surface area contributed by atoms with E-state index in [1.165, 1.54) is 12.1 Å². The molecule has 0 saturated heterocycles. The van der Waals surface area contributed by atoms with E-state index in [-0.39, 0.29) is 16.3 Å². The third-order valence-electron chi connectivity index (χ3n) is 3.81. The molecular weight excluding hydrogens is 373 g/mol. The van der Waals surface area contributed by atoms with Crippen molar-refractivity contribution in [2.75, 3.05) is 0 Å². The highest BCUT2D eigenvalue weighted by atomic mass is 19.4. The Morgan fingerprint density at radius 1 is 1.26 bits per heavy atom. The van der Waals surface area contributed by atoms with Crippen LogP contribution in [0.2, 0.25) is 0 Å². The maximum Gasteiger partial charge on any atom is 0.416 e. The van der Waals surface area contributed by atoms with E-state index in [4.69, 9.17) is 0 Å². The van der Waals surface area contributed by atoms with E-state index in [2.05, 4.69) is 5.10 Å². The summed E-state index contributed by atoms with van der Waals surface area (Å²) in [6.45, 7) is 0. The lowest BCUT2D eigenvalue weighted by molar-refractivity contribution is -0.385.